The Balaban J connectivity index is 1.52. The van der Waals surface area contributed by atoms with Crippen LogP contribution in [0.15, 0.2) is 24.4 Å². The van der Waals surface area contributed by atoms with Gasteiger partial charge in [-0.3, -0.25) is 9.36 Å². The fourth-order valence-electron chi connectivity index (χ4n) is 5.01. The molecule has 0 unspecified atom stereocenters. The van der Waals surface area contributed by atoms with Gasteiger partial charge in [-0.2, -0.15) is 4.98 Å². The van der Waals surface area contributed by atoms with Crippen LogP contribution in [0, 0.1) is 5.92 Å². The van der Waals surface area contributed by atoms with Crippen molar-refractivity contribution in [3.8, 4) is 0 Å². The maximum atomic E-state index is 11.7. The largest absolute Gasteiger partial charge is 0.393 e. The first kappa shape index (κ1) is 23.1. The predicted molar refractivity (Wildman–Crippen MR) is 133 cm³/mol. The molecule has 2 aliphatic carbocycles. The number of benzene rings is 1. The maximum Gasteiger partial charge on any atom is 0.224 e. The molecule has 180 valence electrons. The molecule has 0 radical (unpaired) electrons. The summed E-state index contributed by atoms with van der Waals surface area (Å²) in [6.45, 7) is 0. The van der Waals surface area contributed by atoms with Crippen LogP contribution >= 0.6 is 23.2 Å². The van der Waals surface area contributed by atoms with Crippen molar-refractivity contribution in [2.45, 2.75) is 63.1 Å². The molecule has 3 aromatic rings. The summed E-state index contributed by atoms with van der Waals surface area (Å²) in [6, 6.07) is 5.51. The Kier molecular flexibility index (Phi) is 6.50. The molecule has 1 aromatic carbocycles. The number of carbonyl (C=O) groups is 1. The number of para-hydroxylation sites is 1. The Morgan fingerprint density at radius 3 is 2.47 bits per heavy atom. The van der Waals surface area contributed by atoms with E-state index in [4.69, 9.17) is 38.9 Å². The quantitative estimate of drug-likeness (QED) is 0.391. The first-order valence-electron chi connectivity index (χ1n) is 11.6. The number of nitrogens with two attached hydrogens (primary N) is 1. The van der Waals surface area contributed by atoms with Gasteiger partial charge < -0.3 is 21.5 Å². The Labute approximate surface area is 207 Å². The Morgan fingerprint density at radius 1 is 1.09 bits per heavy atom. The second kappa shape index (κ2) is 9.56. The average molecular weight is 504 g/mol. The number of aliphatic hydroxyl groups is 1. The van der Waals surface area contributed by atoms with Crippen LogP contribution in [0.5, 0.6) is 0 Å². The van der Waals surface area contributed by atoms with Crippen molar-refractivity contribution in [1.82, 2.24) is 19.5 Å². The van der Waals surface area contributed by atoms with Crippen LogP contribution in [0.2, 0.25) is 10.0 Å². The topological polar surface area (TPSA) is 131 Å². The molecule has 2 saturated carbocycles. The smallest absolute Gasteiger partial charge is 0.224 e. The number of amides is 1. The monoisotopic (exact) mass is 503 g/mol. The van der Waals surface area contributed by atoms with Gasteiger partial charge in [0.2, 0.25) is 17.8 Å². The molecule has 5 N–H and O–H groups in total. The van der Waals surface area contributed by atoms with E-state index in [-0.39, 0.29) is 30.0 Å². The lowest BCUT2D eigenvalue weighted by atomic mass is 9.85. The van der Waals surface area contributed by atoms with E-state index in [1.165, 1.54) is 0 Å². The molecular formula is C23H27Cl2N7O2. The molecule has 0 spiro atoms. The molecule has 2 aromatic heterocycles. The zero-order chi connectivity index (χ0) is 23.8. The molecule has 2 aliphatic rings. The number of nitrogens with zero attached hydrogens (tertiary/aromatic N) is 4. The van der Waals surface area contributed by atoms with Gasteiger partial charge in [0.15, 0.2) is 5.65 Å². The van der Waals surface area contributed by atoms with Gasteiger partial charge in [-0.15, -0.1) is 0 Å². The Hall–Kier alpha value is -2.62. The highest BCUT2D eigenvalue weighted by Gasteiger charge is 2.30. The molecule has 2 heterocycles. The minimum Gasteiger partial charge on any atom is -0.393 e. The lowest BCUT2D eigenvalue weighted by Gasteiger charge is -2.29. The third kappa shape index (κ3) is 4.64. The zero-order valence-corrected chi connectivity index (χ0v) is 20.1. The van der Waals surface area contributed by atoms with Crippen LogP contribution in [-0.2, 0) is 4.79 Å². The summed E-state index contributed by atoms with van der Waals surface area (Å²) < 4.78 is 2.06. The second-order valence-corrected chi connectivity index (χ2v) is 9.96. The van der Waals surface area contributed by atoms with E-state index < -0.39 is 0 Å². The number of hydrogen-bond donors (Lipinski definition) is 4. The number of rotatable bonds is 6. The van der Waals surface area contributed by atoms with E-state index in [0.29, 0.717) is 58.1 Å². The van der Waals surface area contributed by atoms with Crippen molar-refractivity contribution in [3.63, 3.8) is 0 Å². The van der Waals surface area contributed by atoms with Crippen LogP contribution in [0.4, 0.5) is 17.6 Å². The number of halogens is 2. The molecule has 9 nitrogen and oxygen atoms in total. The number of primary amides is 1. The van der Waals surface area contributed by atoms with Gasteiger partial charge in [0.1, 0.15) is 5.52 Å². The first-order chi connectivity index (χ1) is 16.4. The molecule has 0 saturated heterocycles. The summed E-state index contributed by atoms with van der Waals surface area (Å²) in [5, 5.41) is 17.5. The van der Waals surface area contributed by atoms with E-state index in [2.05, 4.69) is 20.2 Å². The minimum absolute atomic E-state index is 0.0698. The molecule has 2 atom stereocenters. The molecule has 2 fully saturated rings. The number of hydrogen-bond acceptors (Lipinski definition) is 7. The van der Waals surface area contributed by atoms with E-state index in [1.54, 1.807) is 24.4 Å². The number of nitrogens with one attached hydrogen (secondary N) is 2. The van der Waals surface area contributed by atoms with Crippen LogP contribution in [-0.4, -0.2) is 42.7 Å². The average Bonchev–Trinajstić information content (AvgIpc) is 3.38. The molecule has 0 bridgehead atoms. The van der Waals surface area contributed by atoms with Gasteiger partial charge in [-0.05, 0) is 57.1 Å². The van der Waals surface area contributed by atoms with Gasteiger partial charge in [0, 0.05) is 18.0 Å². The van der Waals surface area contributed by atoms with E-state index in [0.717, 1.165) is 25.7 Å². The normalized spacial score (nSPS) is 24.9. The van der Waals surface area contributed by atoms with Crippen LogP contribution < -0.4 is 16.4 Å². The van der Waals surface area contributed by atoms with Gasteiger partial charge >= 0.3 is 0 Å². The second-order valence-electron chi connectivity index (χ2n) is 9.15. The molecule has 1 amide bonds. The number of aromatic nitrogens is 4. The standard InChI is InChI=1S/C23H27Cl2N7O2/c24-16-2-1-3-17(25)19(16)30-23-29-18-11-27-22(28-13-6-9-15(33)10-13)31-21(18)32(23)14-7-4-12(5-8-14)20(26)34/h1-3,11-15,33H,4-10H2,(H2,26,34)(H,29,30)(H,27,28,31)/t12?,13-,14?,15-/m0/s1. The van der Waals surface area contributed by atoms with Crippen LogP contribution in [0.3, 0.4) is 0 Å². The molecule has 34 heavy (non-hydrogen) atoms. The van der Waals surface area contributed by atoms with Crippen molar-refractivity contribution >= 4 is 57.9 Å². The molecule has 11 heteroatoms. The Morgan fingerprint density at radius 2 is 1.82 bits per heavy atom. The SMILES string of the molecule is NC(=O)C1CCC(n2c(Nc3c(Cl)cccc3Cl)nc3cnc(N[C@H]4CC[C@H](O)C4)nc32)CC1. The van der Waals surface area contributed by atoms with Crippen molar-refractivity contribution < 1.29 is 9.90 Å². The number of carbonyl (C=O) groups excluding carboxylic acids is 1. The predicted octanol–water partition coefficient (Wildman–Crippen LogP) is 4.42. The van der Waals surface area contributed by atoms with Crippen molar-refractivity contribution in [2.24, 2.45) is 11.7 Å². The third-order valence-electron chi connectivity index (χ3n) is 6.83. The van der Waals surface area contributed by atoms with Crippen LogP contribution in [0.25, 0.3) is 11.2 Å². The number of aliphatic hydroxyl groups excluding tert-OH is 1. The first-order valence-corrected chi connectivity index (χ1v) is 12.3. The van der Waals surface area contributed by atoms with Gasteiger partial charge in [0.25, 0.3) is 0 Å². The molecular weight excluding hydrogens is 477 g/mol. The number of anilines is 3. The molecule has 0 aliphatic heterocycles. The minimum atomic E-state index is -0.289. The van der Waals surface area contributed by atoms with Gasteiger partial charge in [0.05, 0.1) is 28.0 Å². The summed E-state index contributed by atoms with van der Waals surface area (Å²) >= 11 is 12.8. The number of imidazole rings is 1. The summed E-state index contributed by atoms with van der Waals surface area (Å²) in [5.41, 5.74) is 7.44. The van der Waals surface area contributed by atoms with E-state index in [1.807, 2.05) is 0 Å². The maximum absolute atomic E-state index is 11.7. The summed E-state index contributed by atoms with van der Waals surface area (Å²) in [4.78, 5) is 25.7. The van der Waals surface area contributed by atoms with Gasteiger partial charge in [-0.25, -0.2) is 9.97 Å². The lowest BCUT2D eigenvalue weighted by molar-refractivity contribution is -0.122. The zero-order valence-electron chi connectivity index (χ0n) is 18.5. The highest BCUT2D eigenvalue weighted by atomic mass is 35.5. The third-order valence-corrected chi connectivity index (χ3v) is 7.46. The molecule has 5 rings (SSSR count). The summed E-state index contributed by atoms with van der Waals surface area (Å²) in [6.07, 6.45) is 6.69. The lowest BCUT2D eigenvalue weighted by Crippen LogP contribution is -2.28. The van der Waals surface area contributed by atoms with Crippen molar-refractivity contribution in [2.75, 3.05) is 10.6 Å². The highest BCUT2D eigenvalue weighted by molar-refractivity contribution is 6.39. The van der Waals surface area contributed by atoms with Gasteiger partial charge in [-0.1, -0.05) is 29.3 Å². The summed E-state index contributed by atoms with van der Waals surface area (Å²) in [7, 11) is 0. The highest BCUT2D eigenvalue weighted by Crippen LogP contribution is 2.39. The van der Waals surface area contributed by atoms with E-state index >= 15 is 0 Å². The van der Waals surface area contributed by atoms with E-state index in [9.17, 15) is 9.90 Å². The Bertz CT molecular complexity index is 1190. The van der Waals surface area contributed by atoms with Crippen molar-refractivity contribution in [3.05, 3.63) is 34.4 Å². The summed E-state index contributed by atoms with van der Waals surface area (Å²) in [5.74, 6) is 0.708. The fraction of sp³-hybridized carbons (Fsp3) is 0.478. The number of fused-ring (bicyclic) bond motifs is 1. The fourth-order valence-corrected chi connectivity index (χ4v) is 5.51. The van der Waals surface area contributed by atoms with Crippen molar-refractivity contribution in [1.29, 1.82) is 0 Å². The van der Waals surface area contributed by atoms with Crippen LogP contribution in [0.1, 0.15) is 51.0 Å².